The van der Waals surface area contributed by atoms with E-state index >= 15 is 0 Å². The fourth-order valence-corrected chi connectivity index (χ4v) is 2.23. The van der Waals surface area contributed by atoms with Crippen molar-refractivity contribution in [3.8, 4) is 0 Å². The van der Waals surface area contributed by atoms with Gasteiger partial charge in [-0.15, -0.1) is 0 Å². The topological polar surface area (TPSA) is 38.5 Å². The van der Waals surface area contributed by atoms with E-state index in [1.807, 2.05) is 0 Å². The number of benzene rings is 1. The van der Waals surface area contributed by atoms with Crippen LogP contribution in [0.3, 0.4) is 0 Å². The van der Waals surface area contributed by atoms with Crippen LogP contribution >= 0.6 is 0 Å². The van der Waals surface area contributed by atoms with Crippen molar-refractivity contribution in [1.29, 1.82) is 0 Å². The SMILES string of the molecule is CN(Cc1cc(F)ccc1N)C1CCOCC1. The van der Waals surface area contributed by atoms with E-state index in [9.17, 15) is 4.39 Å². The molecule has 0 aliphatic carbocycles. The smallest absolute Gasteiger partial charge is 0.123 e. The lowest BCUT2D eigenvalue weighted by atomic mass is 10.1. The first kappa shape index (κ1) is 12.3. The molecule has 1 aliphatic heterocycles. The zero-order valence-corrected chi connectivity index (χ0v) is 10.2. The van der Waals surface area contributed by atoms with E-state index in [4.69, 9.17) is 10.5 Å². The average molecular weight is 238 g/mol. The maximum Gasteiger partial charge on any atom is 0.123 e. The molecule has 0 amide bonds. The summed E-state index contributed by atoms with van der Waals surface area (Å²) in [4.78, 5) is 2.23. The van der Waals surface area contributed by atoms with Crippen LogP contribution in [-0.4, -0.2) is 31.2 Å². The van der Waals surface area contributed by atoms with Gasteiger partial charge >= 0.3 is 0 Å². The number of ether oxygens (including phenoxy) is 1. The van der Waals surface area contributed by atoms with Gasteiger partial charge in [0.2, 0.25) is 0 Å². The highest BCUT2D eigenvalue weighted by molar-refractivity contribution is 5.46. The van der Waals surface area contributed by atoms with Crippen LogP contribution < -0.4 is 5.73 Å². The number of hydrogen-bond donors (Lipinski definition) is 1. The fourth-order valence-electron chi connectivity index (χ4n) is 2.23. The van der Waals surface area contributed by atoms with Crippen LogP contribution in [0.4, 0.5) is 10.1 Å². The highest BCUT2D eigenvalue weighted by Crippen LogP contribution is 2.19. The summed E-state index contributed by atoms with van der Waals surface area (Å²) in [6.07, 6.45) is 2.07. The second-order valence-corrected chi connectivity index (χ2v) is 4.60. The van der Waals surface area contributed by atoms with Gasteiger partial charge in [0.1, 0.15) is 5.82 Å². The van der Waals surface area contributed by atoms with Crippen LogP contribution in [0.15, 0.2) is 18.2 Å². The molecule has 0 aromatic heterocycles. The van der Waals surface area contributed by atoms with Gasteiger partial charge in [-0.25, -0.2) is 4.39 Å². The standard InChI is InChI=1S/C13H19FN2O/c1-16(12-4-6-17-7-5-12)9-10-8-11(14)2-3-13(10)15/h2-3,8,12H,4-7,9,15H2,1H3. The molecule has 0 radical (unpaired) electrons. The lowest BCUT2D eigenvalue weighted by molar-refractivity contribution is 0.0407. The summed E-state index contributed by atoms with van der Waals surface area (Å²) in [5.41, 5.74) is 7.37. The normalized spacial score (nSPS) is 17.6. The predicted molar refractivity (Wildman–Crippen MR) is 66.1 cm³/mol. The minimum absolute atomic E-state index is 0.227. The van der Waals surface area contributed by atoms with E-state index in [0.717, 1.165) is 31.6 Å². The summed E-state index contributed by atoms with van der Waals surface area (Å²) in [6, 6.07) is 5.05. The van der Waals surface area contributed by atoms with E-state index in [2.05, 4.69) is 11.9 Å². The van der Waals surface area contributed by atoms with Crippen LogP contribution in [0.25, 0.3) is 0 Å². The van der Waals surface area contributed by atoms with Gasteiger partial charge in [0.15, 0.2) is 0 Å². The first-order valence-corrected chi connectivity index (χ1v) is 5.98. The van der Waals surface area contributed by atoms with E-state index in [1.54, 1.807) is 6.07 Å². The molecule has 0 bridgehead atoms. The molecule has 1 saturated heterocycles. The van der Waals surface area contributed by atoms with Crippen molar-refractivity contribution in [2.24, 2.45) is 0 Å². The van der Waals surface area contributed by atoms with Crippen LogP contribution in [0.2, 0.25) is 0 Å². The molecular weight excluding hydrogens is 219 g/mol. The molecule has 0 saturated carbocycles. The lowest BCUT2D eigenvalue weighted by Gasteiger charge is -2.31. The predicted octanol–water partition coefficient (Wildman–Crippen LogP) is 2.02. The Morgan fingerprint density at radius 1 is 1.41 bits per heavy atom. The summed E-state index contributed by atoms with van der Waals surface area (Å²) in [6.45, 7) is 2.32. The minimum Gasteiger partial charge on any atom is -0.398 e. The molecular formula is C13H19FN2O. The molecule has 0 atom stereocenters. The second-order valence-electron chi connectivity index (χ2n) is 4.60. The van der Waals surface area contributed by atoms with Crippen molar-refractivity contribution in [3.63, 3.8) is 0 Å². The van der Waals surface area contributed by atoms with Crippen LogP contribution in [0.1, 0.15) is 18.4 Å². The fraction of sp³-hybridized carbons (Fsp3) is 0.538. The number of hydrogen-bond acceptors (Lipinski definition) is 3. The van der Waals surface area contributed by atoms with Crippen molar-refractivity contribution >= 4 is 5.69 Å². The minimum atomic E-state index is -0.227. The van der Waals surface area contributed by atoms with E-state index in [0.29, 0.717) is 18.3 Å². The highest BCUT2D eigenvalue weighted by Gasteiger charge is 2.19. The Bertz CT molecular complexity index is 378. The second kappa shape index (κ2) is 5.47. The van der Waals surface area contributed by atoms with Gasteiger partial charge in [-0.1, -0.05) is 0 Å². The Kier molecular flexibility index (Phi) is 3.97. The summed E-state index contributed by atoms with van der Waals surface area (Å²) in [5, 5.41) is 0. The largest absolute Gasteiger partial charge is 0.398 e. The number of rotatable bonds is 3. The van der Waals surface area contributed by atoms with Crippen molar-refractivity contribution in [2.45, 2.75) is 25.4 Å². The maximum atomic E-state index is 13.1. The Hall–Kier alpha value is -1.13. The molecule has 2 N–H and O–H groups in total. The van der Waals surface area contributed by atoms with Gasteiger partial charge < -0.3 is 10.5 Å². The van der Waals surface area contributed by atoms with Crippen LogP contribution in [-0.2, 0) is 11.3 Å². The van der Waals surface area contributed by atoms with Gasteiger partial charge in [0.25, 0.3) is 0 Å². The molecule has 1 fully saturated rings. The monoisotopic (exact) mass is 238 g/mol. The molecule has 3 nitrogen and oxygen atoms in total. The Morgan fingerprint density at radius 2 is 2.12 bits per heavy atom. The zero-order chi connectivity index (χ0) is 12.3. The molecule has 1 aromatic rings. The molecule has 94 valence electrons. The average Bonchev–Trinajstić information content (AvgIpc) is 2.35. The molecule has 1 aromatic carbocycles. The third kappa shape index (κ3) is 3.17. The number of halogens is 1. The Morgan fingerprint density at radius 3 is 2.82 bits per heavy atom. The third-order valence-corrected chi connectivity index (χ3v) is 3.34. The first-order chi connectivity index (χ1) is 8.16. The van der Waals surface area contributed by atoms with Gasteiger partial charge in [0, 0.05) is 31.5 Å². The van der Waals surface area contributed by atoms with Crippen LogP contribution in [0.5, 0.6) is 0 Å². The number of nitrogen functional groups attached to an aromatic ring is 1. The summed E-state index contributed by atoms with van der Waals surface area (Å²) in [7, 11) is 2.06. The molecule has 4 heteroatoms. The molecule has 1 aliphatic rings. The van der Waals surface area contributed by atoms with Crippen LogP contribution in [0, 0.1) is 5.82 Å². The summed E-state index contributed by atoms with van der Waals surface area (Å²) >= 11 is 0. The van der Waals surface area contributed by atoms with Gasteiger partial charge in [-0.05, 0) is 43.7 Å². The maximum absolute atomic E-state index is 13.1. The van der Waals surface area contributed by atoms with Gasteiger partial charge in [-0.2, -0.15) is 0 Å². The quantitative estimate of drug-likeness (QED) is 0.819. The third-order valence-electron chi connectivity index (χ3n) is 3.34. The van der Waals surface area contributed by atoms with Gasteiger partial charge in [-0.3, -0.25) is 4.90 Å². The van der Waals surface area contributed by atoms with E-state index < -0.39 is 0 Å². The first-order valence-electron chi connectivity index (χ1n) is 5.98. The van der Waals surface area contributed by atoms with Crippen molar-refractivity contribution in [1.82, 2.24) is 4.90 Å². The summed E-state index contributed by atoms with van der Waals surface area (Å²) in [5.74, 6) is -0.227. The molecule has 0 unspecified atom stereocenters. The number of nitrogens with two attached hydrogens (primary N) is 1. The molecule has 2 rings (SSSR count). The zero-order valence-electron chi connectivity index (χ0n) is 10.2. The molecule has 17 heavy (non-hydrogen) atoms. The molecule has 1 heterocycles. The number of anilines is 1. The summed E-state index contributed by atoms with van der Waals surface area (Å²) < 4.78 is 18.5. The number of nitrogens with zero attached hydrogens (tertiary/aromatic N) is 1. The van der Waals surface area contributed by atoms with Crippen molar-refractivity contribution < 1.29 is 9.13 Å². The molecule has 0 spiro atoms. The lowest BCUT2D eigenvalue weighted by Crippen LogP contribution is -2.36. The Labute approximate surface area is 101 Å². The van der Waals surface area contributed by atoms with E-state index in [1.165, 1.54) is 12.1 Å². The highest BCUT2D eigenvalue weighted by atomic mass is 19.1. The van der Waals surface area contributed by atoms with E-state index in [-0.39, 0.29) is 5.82 Å². The van der Waals surface area contributed by atoms with Crippen molar-refractivity contribution in [3.05, 3.63) is 29.6 Å². The van der Waals surface area contributed by atoms with Crippen molar-refractivity contribution in [2.75, 3.05) is 26.0 Å². The Balaban J connectivity index is 2.01. The van der Waals surface area contributed by atoms with Gasteiger partial charge in [0.05, 0.1) is 0 Å².